The molecule has 1 unspecified atom stereocenters. The molecule has 0 spiro atoms. The molecule has 0 fully saturated rings. The van der Waals surface area contributed by atoms with Crippen molar-refractivity contribution < 1.29 is 19.1 Å². The fraction of sp³-hybridized carbons (Fsp3) is 0.429. The molecule has 5 nitrogen and oxygen atoms in total. The Labute approximate surface area is 112 Å². The minimum Gasteiger partial charge on any atom is -0.481 e. The summed E-state index contributed by atoms with van der Waals surface area (Å²) < 4.78 is 5.28. The Bertz CT molecular complexity index is 462. The Morgan fingerprint density at radius 3 is 2.74 bits per heavy atom. The zero-order valence-electron chi connectivity index (χ0n) is 11.2. The van der Waals surface area contributed by atoms with Crippen molar-refractivity contribution in [2.45, 2.75) is 26.7 Å². The molecule has 0 saturated heterocycles. The first kappa shape index (κ1) is 15.0. The Morgan fingerprint density at radius 1 is 1.47 bits per heavy atom. The number of nitrogens with one attached hydrogen (secondary N) is 1. The van der Waals surface area contributed by atoms with Crippen molar-refractivity contribution in [2.24, 2.45) is 5.92 Å². The summed E-state index contributed by atoms with van der Waals surface area (Å²) in [6, 6.07) is 3.57. The van der Waals surface area contributed by atoms with Crippen molar-refractivity contribution in [1.82, 2.24) is 5.32 Å². The van der Waals surface area contributed by atoms with E-state index >= 15 is 0 Å². The third kappa shape index (κ3) is 5.42. The molecule has 5 heteroatoms. The second-order valence-electron chi connectivity index (χ2n) is 4.35. The van der Waals surface area contributed by atoms with E-state index in [4.69, 9.17) is 9.52 Å². The first-order valence-electron chi connectivity index (χ1n) is 6.28. The van der Waals surface area contributed by atoms with Crippen LogP contribution in [0.1, 0.15) is 31.3 Å². The van der Waals surface area contributed by atoms with Crippen LogP contribution in [0.3, 0.4) is 0 Å². The van der Waals surface area contributed by atoms with Crippen molar-refractivity contribution in [3.05, 3.63) is 29.7 Å². The molecule has 0 saturated carbocycles. The van der Waals surface area contributed by atoms with Crippen molar-refractivity contribution in [3.8, 4) is 0 Å². The highest BCUT2D eigenvalue weighted by Crippen LogP contribution is 2.08. The molecule has 0 radical (unpaired) electrons. The van der Waals surface area contributed by atoms with E-state index in [9.17, 15) is 9.59 Å². The van der Waals surface area contributed by atoms with Crippen LogP contribution in [0.5, 0.6) is 0 Å². The minimum absolute atomic E-state index is 0.142. The summed E-state index contributed by atoms with van der Waals surface area (Å²) in [5.41, 5.74) is 0. The lowest BCUT2D eigenvalue weighted by atomic mass is 10.0. The second-order valence-corrected chi connectivity index (χ2v) is 4.35. The molecule has 0 aliphatic carbocycles. The van der Waals surface area contributed by atoms with E-state index in [1.807, 2.05) is 13.8 Å². The van der Waals surface area contributed by atoms with Crippen LogP contribution in [0.2, 0.25) is 0 Å². The van der Waals surface area contributed by atoms with Gasteiger partial charge in [0.15, 0.2) is 0 Å². The Hall–Kier alpha value is -2.04. The molecule has 2 N–H and O–H groups in total. The zero-order chi connectivity index (χ0) is 14.3. The number of hydrogen-bond acceptors (Lipinski definition) is 3. The van der Waals surface area contributed by atoms with Gasteiger partial charge in [-0.05, 0) is 31.6 Å². The van der Waals surface area contributed by atoms with Crippen LogP contribution in [-0.4, -0.2) is 23.5 Å². The summed E-state index contributed by atoms with van der Waals surface area (Å²) in [7, 11) is 0. The van der Waals surface area contributed by atoms with Gasteiger partial charge in [-0.25, -0.2) is 0 Å². The topological polar surface area (TPSA) is 79.5 Å². The van der Waals surface area contributed by atoms with Crippen LogP contribution in [0.4, 0.5) is 0 Å². The molecular formula is C14H19NO4. The number of amides is 1. The van der Waals surface area contributed by atoms with Crippen molar-refractivity contribution in [3.63, 3.8) is 0 Å². The maximum Gasteiger partial charge on any atom is 0.308 e. The first-order chi connectivity index (χ1) is 9.02. The molecule has 1 heterocycles. The molecule has 0 aliphatic heterocycles. The molecule has 0 bridgehead atoms. The first-order valence-corrected chi connectivity index (χ1v) is 6.28. The summed E-state index contributed by atoms with van der Waals surface area (Å²) in [6.45, 7) is 3.88. The van der Waals surface area contributed by atoms with Crippen LogP contribution < -0.4 is 5.32 Å². The van der Waals surface area contributed by atoms with E-state index in [1.165, 1.54) is 6.08 Å². The Balaban J connectivity index is 2.42. The quantitative estimate of drug-likeness (QED) is 0.741. The van der Waals surface area contributed by atoms with Gasteiger partial charge < -0.3 is 14.8 Å². The number of carboxylic acid groups (broad SMARTS) is 1. The Morgan fingerprint density at radius 2 is 2.21 bits per heavy atom. The summed E-state index contributed by atoms with van der Waals surface area (Å²) >= 11 is 0. The van der Waals surface area contributed by atoms with Gasteiger partial charge in [-0.2, -0.15) is 0 Å². The minimum atomic E-state index is -0.882. The van der Waals surface area contributed by atoms with Gasteiger partial charge in [-0.15, -0.1) is 0 Å². The summed E-state index contributed by atoms with van der Waals surface area (Å²) in [4.78, 5) is 22.4. The van der Waals surface area contributed by atoms with E-state index in [0.717, 1.165) is 12.2 Å². The van der Waals surface area contributed by atoms with Crippen LogP contribution >= 0.6 is 0 Å². The molecule has 1 aromatic heterocycles. The third-order valence-corrected chi connectivity index (χ3v) is 2.67. The van der Waals surface area contributed by atoms with Gasteiger partial charge in [-0.1, -0.05) is 13.3 Å². The fourth-order valence-electron chi connectivity index (χ4n) is 1.64. The number of carbonyl (C=O) groups is 2. The van der Waals surface area contributed by atoms with Crippen LogP contribution in [-0.2, 0) is 9.59 Å². The van der Waals surface area contributed by atoms with Gasteiger partial charge in [0.05, 0.1) is 5.92 Å². The van der Waals surface area contributed by atoms with Crippen LogP contribution in [0.25, 0.3) is 6.08 Å². The molecule has 0 aromatic carbocycles. The SMILES string of the molecule is CCCC(CNC(=O)C=Cc1ccc(C)o1)C(=O)O. The van der Waals surface area contributed by atoms with Gasteiger partial charge in [0.25, 0.3) is 0 Å². The number of aryl methyl sites for hydroxylation is 1. The summed E-state index contributed by atoms with van der Waals surface area (Å²) in [5.74, 6) is -0.373. The van der Waals surface area contributed by atoms with Gasteiger partial charge in [0.1, 0.15) is 11.5 Å². The average molecular weight is 265 g/mol. The van der Waals surface area contributed by atoms with Crippen molar-refractivity contribution >= 4 is 18.0 Å². The lowest BCUT2D eigenvalue weighted by molar-refractivity contribution is -0.141. The summed E-state index contributed by atoms with van der Waals surface area (Å²) in [5, 5.41) is 11.5. The van der Waals surface area contributed by atoms with E-state index < -0.39 is 11.9 Å². The lowest BCUT2D eigenvalue weighted by Gasteiger charge is -2.10. The van der Waals surface area contributed by atoms with Crippen molar-refractivity contribution in [1.29, 1.82) is 0 Å². The fourth-order valence-corrected chi connectivity index (χ4v) is 1.64. The summed E-state index contributed by atoms with van der Waals surface area (Å²) in [6.07, 6.45) is 4.21. The lowest BCUT2D eigenvalue weighted by Crippen LogP contribution is -2.31. The van der Waals surface area contributed by atoms with E-state index in [2.05, 4.69) is 5.32 Å². The van der Waals surface area contributed by atoms with Gasteiger partial charge in [-0.3, -0.25) is 9.59 Å². The number of carbonyl (C=O) groups excluding carboxylic acids is 1. The number of rotatable bonds is 7. The number of carboxylic acids is 1. The number of furan rings is 1. The standard InChI is InChI=1S/C14H19NO4/c1-3-4-11(14(17)18)9-15-13(16)8-7-12-6-5-10(2)19-12/h5-8,11H,3-4,9H2,1-2H3,(H,15,16)(H,17,18). The molecule has 1 amide bonds. The zero-order valence-corrected chi connectivity index (χ0v) is 11.2. The van der Waals surface area contributed by atoms with Crippen LogP contribution in [0, 0.1) is 12.8 Å². The van der Waals surface area contributed by atoms with E-state index in [1.54, 1.807) is 18.2 Å². The molecule has 1 atom stereocenters. The highest BCUT2D eigenvalue weighted by molar-refractivity contribution is 5.91. The maximum atomic E-state index is 11.5. The predicted octanol–water partition coefficient (Wildman–Crippen LogP) is 2.22. The molecule has 0 aliphatic rings. The van der Waals surface area contributed by atoms with E-state index in [-0.39, 0.29) is 12.5 Å². The van der Waals surface area contributed by atoms with Crippen LogP contribution in [0.15, 0.2) is 22.6 Å². The smallest absolute Gasteiger partial charge is 0.308 e. The highest BCUT2D eigenvalue weighted by Gasteiger charge is 2.16. The number of aliphatic carboxylic acids is 1. The van der Waals surface area contributed by atoms with Gasteiger partial charge in [0.2, 0.25) is 5.91 Å². The largest absolute Gasteiger partial charge is 0.481 e. The normalized spacial score (nSPS) is 12.5. The Kier molecular flexibility index (Phi) is 5.85. The van der Waals surface area contributed by atoms with Crippen molar-refractivity contribution in [2.75, 3.05) is 6.54 Å². The average Bonchev–Trinajstić information content (AvgIpc) is 2.77. The number of hydrogen-bond donors (Lipinski definition) is 2. The molecule has 104 valence electrons. The molecule has 1 rings (SSSR count). The third-order valence-electron chi connectivity index (χ3n) is 2.67. The molecule has 1 aromatic rings. The monoisotopic (exact) mass is 265 g/mol. The predicted molar refractivity (Wildman–Crippen MR) is 71.5 cm³/mol. The molecule has 19 heavy (non-hydrogen) atoms. The second kappa shape index (κ2) is 7.41. The van der Waals surface area contributed by atoms with Gasteiger partial charge >= 0.3 is 5.97 Å². The van der Waals surface area contributed by atoms with E-state index in [0.29, 0.717) is 12.2 Å². The highest BCUT2D eigenvalue weighted by atomic mass is 16.4. The maximum absolute atomic E-state index is 11.5. The molecular weight excluding hydrogens is 246 g/mol. The van der Waals surface area contributed by atoms with Gasteiger partial charge in [0, 0.05) is 12.6 Å².